The van der Waals surface area contributed by atoms with Gasteiger partial charge in [-0.05, 0) is 67.3 Å². The first-order chi connectivity index (χ1) is 15.9. The van der Waals surface area contributed by atoms with Crippen LogP contribution in [0.25, 0.3) is 0 Å². The van der Waals surface area contributed by atoms with Crippen molar-refractivity contribution in [1.29, 1.82) is 0 Å². The molecule has 0 heterocycles. The number of carbonyl (C=O) groups is 1. The summed E-state index contributed by atoms with van der Waals surface area (Å²) in [7, 11) is -3.69. The molecule has 6 nitrogen and oxygen atoms in total. The number of carbonyl (C=O) groups excluding carboxylic acids is 1. The normalized spacial score (nSPS) is 12.2. The molecule has 7 heteroatoms. The van der Waals surface area contributed by atoms with Crippen molar-refractivity contribution >= 4 is 21.6 Å². The molecule has 0 aromatic heterocycles. The van der Waals surface area contributed by atoms with Gasteiger partial charge in [-0.1, -0.05) is 55.8 Å². The molecule has 2 N–H and O–H groups in total. The van der Waals surface area contributed by atoms with Crippen LogP contribution in [-0.2, 0) is 21.2 Å². The SMILES string of the molecule is CCCCc1ccc(NC(=O)COc2ccc(S(=O)(=O)N[C@@H](C)c3ccccc3)cc2)cc1. The first-order valence-corrected chi connectivity index (χ1v) is 12.5. The zero-order valence-electron chi connectivity index (χ0n) is 19.0. The average Bonchev–Trinajstić information content (AvgIpc) is 2.83. The van der Waals surface area contributed by atoms with Gasteiger partial charge in [-0.25, -0.2) is 13.1 Å². The quantitative estimate of drug-likeness (QED) is 0.412. The number of unbranched alkanes of at least 4 members (excludes halogenated alkanes) is 1. The van der Waals surface area contributed by atoms with Crippen LogP contribution in [0.1, 0.15) is 43.9 Å². The number of rotatable bonds is 11. The molecule has 0 saturated carbocycles. The van der Waals surface area contributed by atoms with Crippen LogP contribution in [0, 0.1) is 0 Å². The third-order valence-electron chi connectivity index (χ3n) is 5.19. The molecule has 0 aliphatic rings. The minimum Gasteiger partial charge on any atom is -0.484 e. The summed E-state index contributed by atoms with van der Waals surface area (Å²) in [5.41, 5.74) is 2.83. The Labute approximate surface area is 196 Å². The zero-order valence-corrected chi connectivity index (χ0v) is 19.8. The van der Waals surface area contributed by atoms with E-state index in [0.717, 1.165) is 24.8 Å². The highest BCUT2D eigenvalue weighted by atomic mass is 32.2. The zero-order chi connectivity index (χ0) is 23.7. The summed E-state index contributed by atoms with van der Waals surface area (Å²) in [6.45, 7) is 3.78. The number of hydrogen-bond acceptors (Lipinski definition) is 4. The molecule has 1 amide bonds. The third kappa shape index (κ3) is 7.44. The maximum Gasteiger partial charge on any atom is 0.262 e. The molecule has 0 radical (unpaired) electrons. The van der Waals surface area contributed by atoms with Gasteiger partial charge in [-0.15, -0.1) is 0 Å². The smallest absolute Gasteiger partial charge is 0.262 e. The second-order valence-corrected chi connectivity index (χ2v) is 9.58. The second kappa shape index (κ2) is 11.6. The van der Waals surface area contributed by atoms with E-state index in [1.54, 1.807) is 6.92 Å². The number of nitrogens with one attached hydrogen (secondary N) is 2. The van der Waals surface area contributed by atoms with E-state index in [0.29, 0.717) is 11.4 Å². The van der Waals surface area contributed by atoms with Crippen LogP contribution in [0.5, 0.6) is 5.75 Å². The number of ether oxygens (including phenoxy) is 1. The molecule has 3 aromatic rings. The van der Waals surface area contributed by atoms with Crippen molar-refractivity contribution in [2.75, 3.05) is 11.9 Å². The monoisotopic (exact) mass is 466 g/mol. The topological polar surface area (TPSA) is 84.5 Å². The molecule has 3 aromatic carbocycles. The Bertz CT molecular complexity index is 1130. The van der Waals surface area contributed by atoms with Crippen molar-refractivity contribution in [3.8, 4) is 5.75 Å². The number of amides is 1. The van der Waals surface area contributed by atoms with Crippen molar-refractivity contribution in [1.82, 2.24) is 4.72 Å². The molecule has 0 fully saturated rings. The number of aryl methyl sites for hydroxylation is 1. The number of sulfonamides is 1. The first-order valence-electron chi connectivity index (χ1n) is 11.1. The summed E-state index contributed by atoms with van der Waals surface area (Å²) in [6, 6.07) is 22.8. The minimum atomic E-state index is -3.69. The van der Waals surface area contributed by atoms with E-state index >= 15 is 0 Å². The predicted molar refractivity (Wildman–Crippen MR) is 131 cm³/mol. The number of anilines is 1. The fourth-order valence-electron chi connectivity index (χ4n) is 3.31. The Morgan fingerprint density at radius 3 is 2.24 bits per heavy atom. The molecule has 174 valence electrons. The molecule has 1 atom stereocenters. The van der Waals surface area contributed by atoms with E-state index in [1.165, 1.54) is 29.8 Å². The van der Waals surface area contributed by atoms with E-state index in [-0.39, 0.29) is 23.5 Å². The second-order valence-electron chi connectivity index (χ2n) is 7.86. The third-order valence-corrected chi connectivity index (χ3v) is 6.75. The predicted octanol–water partition coefficient (Wildman–Crippen LogP) is 5.09. The van der Waals surface area contributed by atoms with Gasteiger partial charge < -0.3 is 10.1 Å². The van der Waals surface area contributed by atoms with Crippen molar-refractivity contribution in [3.63, 3.8) is 0 Å². The van der Waals surface area contributed by atoms with Crippen LogP contribution in [-0.4, -0.2) is 20.9 Å². The van der Waals surface area contributed by atoms with Crippen molar-refractivity contribution in [2.45, 2.75) is 44.0 Å². The summed E-state index contributed by atoms with van der Waals surface area (Å²) in [5.74, 6) is 0.126. The maximum atomic E-state index is 12.7. The van der Waals surface area contributed by atoms with Gasteiger partial charge in [0.1, 0.15) is 5.75 Å². The molecular weight excluding hydrogens is 436 g/mol. The van der Waals surface area contributed by atoms with Gasteiger partial charge in [0.05, 0.1) is 4.90 Å². The average molecular weight is 467 g/mol. The van der Waals surface area contributed by atoms with E-state index in [9.17, 15) is 13.2 Å². The lowest BCUT2D eigenvalue weighted by molar-refractivity contribution is -0.118. The molecule has 0 unspecified atom stereocenters. The van der Waals surface area contributed by atoms with Gasteiger partial charge in [0, 0.05) is 11.7 Å². The summed E-state index contributed by atoms with van der Waals surface area (Å²) < 4.78 is 33.5. The van der Waals surface area contributed by atoms with E-state index in [1.807, 2.05) is 54.6 Å². The summed E-state index contributed by atoms with van der Waals surface area (Å²) >= 11 is 0. The lowest BCUT2D eigenvalue weighted by atomic mass is 10.1. The van der Waals surface area contributed by atoms with Gasteiger partial charge in [-0.2, -0.15) is 0 Å². The Balaban J connectivity index is 1.51. The fourth-order valence-corrected chi connectivity index (χ4v) is 4.54. The minimum absolute atomic E-state index is 0.130. The molecule has 0 saturated heterocycles. The fraction of sp³-hybridized carbons (Fsp3) is 0.269. The maximum absolute atomic E-state index is 12.7. The molecule has 0 aliphatic heterocycles. The molecule has 33 heavy (non-hydrogen) atoms. The van der Waals surface area contributed by atoms with Gasteiger partial charge in [-0.3, -0.25) is 4.79 Å². The Hall–Kier alpha value is -3.16. The van der Waals surface area contributed by atoms with E-state index in [4.69, 9.17) is 4.74 Å². The highest BCUT2D eigenvalue weighted by molar-refractivity contribution is 7.89. The van der Waals surface area contributed by atoms with Crippen LogP contribution in [0.4, 0.5) is 5.69 Å². The van der Waals surface area contributed by atoms with Gasteiger partial charge >= 0.3 is 0 Å². The van der Waals surface area contributed by atoms with Crippen molar-refractivity contribution < 1.29 is 17.9 Å². The highest BCUT2D eigenvalue weighted by Crippen LogP contribution is 2.20. The highest BCUT2D eigenvalue weighted by Gasteiger charge is 2.18. The molecule has 3 rings (SSSR count). The number of hydrogen-bond donors (Lipinski definition) is 2. The molecule has 0 spiro atoms. The Kier molecular flexibility index (Phi) is 8.63. The van der Waals surface area contributed by atoms with Gasteiger partial charge in [0.2, 0.25) is 10.0 Å². The summed E-state index contributed by atoms with van der Waals surface area (Å²) in [6.07, 6.45) is 3.31. The van der Waals surface area contributed by atoms with Crippen LogP contribution < -0.4 is 14.8 Å². The van der Waals surface area contributed by atoms with Crippen LogP contribution in [0.2, 0.25) is 0 Å². The molecule has 0 aliphatic carbocycles. The standard InChI is InChI=1S/C26H30N2O4S/c1-3-4-8-21-11-13-23(14-12-21)27-26(29)19-32-24-15-17-25(18-16-24)33(30,31)28-20(2)22-9-6-5-7-10-22/h5-7,9-18,20,28H,3-4,8,19H2,1-2H3,(H,27,29)/t20-/m0/s1. The molecular formula is C26H30N2O4S. The van der Waals surface area contributed by atoms with Crippen LogP contribution >= 0.6 is 0 Å². The van der Waals surface area contributed by atoms with Crippen LogP contribution in [0.15, 0.2) is 83.8 Å². The Morgan fingerprint density at radius 1 is 0.939 bits per heavy atom. The Morgan fingerprint density at radius 2 is 1.61 bits per heavy atom. The number of benzene rings is 3. The lowest BCUT2D eigenvalue weighted by Gasteiger charge is -2.15. The summed E-state index contributed by atoms with van der Waals surface area (Å²) in [5, 5.41) is 2.80. The van der Waals surface area contributed by atoms with Gasteiger partial charge in [0.15, 0.2) is 6.61 Å². The van der Waals surface area contributed by atoms with Crippen molar-refractivity contribution in [3.05, 3.63) is 90.0 Å². The van der Waals surface area contributed by atoms with E-state index in [2.05, 4.69) is 17.0 Å². The largest absolute Gasteiger partial charge is 0.484 e. The van der Waals surface area contributed by atoms with Crippen molar-refractivity contribution in [2.24, 2.45) is 0 Å². The lowest BCUT2D eigenvalue weighted by Crippen LogP contribution is -2.26. The first kappa shape index (κ1) is 24.5. The van der Waals surface area contributed by atoms with Crippen LogP contribution in [0.3, 0.4) is 0 Å². The molecule has 0 bridgehead atoms. The summed E-state index contributed by atoms with van der Waals surface area (Å²) in [4.78, 5) is 12.3. The van der Waals surface area contributed by atoms with E-state index < -0.39 is 10.0 Å². The van der Waals surface area contributed by atoms with Gasteiger partial charge in [0.25, 0.3) is 5.91 Å².